The van der Waals surface area contributed by atoms with E-state index in [2.05, 4.69) is 18.7 Å². The summed E-state index contributed by atoms with van der Waals surface area (Å²) in [6, 6.07) is 0.657. The molecule has 2 N–H and O–H groups in total. The Morgan fingerprint density at radius 1 is 1.11 bits per heavy atom. The summed E-state index contributed by atoms with van der Waals surface area (Å²) in [4.78, 5) is 2.68. The molecule has 1 heterocycles. The van der Waals surface area contributed by atoms with Crippen LogP contribution in [-0.2, 0) is 0 Å². The van der Waals surface area contributed by atoms with Crippen LogP contribution in [0.4, 0.5) is 0 Å². The second-order valence-electron chi connectivity index (χ2n) is 7.33. The Bertz CT molecular complexity index is 233. The molecular weight excluding hydrogens is 220 g/mol. The molecule has 1 saturated carbocycles. The van der Waals surface area contributed by atoms with Crippen molar-refractivity contribution < 1.29 is 0 Å². The number of nitrogens with two attached hydrogens (primary N) is 1. The summed E-state index contributed by atoms with van der Waals surface area (Å²) in [7, 11) is 0. The first-order chi connectivity index (χ1) is 8.61. The quantitative estimate of drug-likeness (QED) is 0.831. The number of likely N-dealkylation sites (tertiary alicyclic amines) is 1. The third-order valence-electron chi connectivity index (χ3n) is 5.27. The van der Waals surface area contributed by atoms with Crippen LogP contribution in [0.3, 0.4) is 0 Å². The standard InChI is InChI=1S/C16H32N2/c1-16(2)8-10-18(11-9-16)15(13-17)12-14-6-4-3-5-7-14/h14-15H,3-13,17H2,1-2H3. The van der Waals surface area contributed by atoms with Crippen molar-refractivity contribution in [3.63, 3.8) is 0 Å². The number of rotatable bonds is 4. The van der Waals surface area contributed by atoms with Gasteiger partial charge >= 0.3 is 0 Å². The van der Waals surface area contributed by atoms with Crippen molar-refractivity contribution in [2.45, 2.75) is 71.3 Å². The predicted molar refractivity (Wildman–Crippen MR) is 78.6 cm³/mol. The Balaban J connectivity index is 1.81. The minimum atomic E-state index is 0.556. The van der Waals surface area contributed by atoms with Crippen molar-refractivity contribution in [3.8, 4) is 0 Å². The van der Waals surface area contributed by atoms with Crippen molar-refractivity contribution >= 4 is 0 Å². The molecule has 0 aromatic carbocycles. The smallest absolute Gasteiger partial charge is 0.0221 e. The van der Waals surface area contributed by atoms with E-state index < -0.39 is 0 Å². The molecule has 18 heavy (non-hydrogen) atoms. The predicted octanol–water partition coefficient (Wildman–Crippen LogP) is 3.41. The second-order valence-corrected chi connectivity index (χ2v) is 7.33. The van der Waals surface area contributed by atoms with Gasteiger partial charge in [0.05, 0.1) is 0 Å². The largest absolute Gasteiger partial charge is 0.329 e. The molecule has 1 aliphatic heterocycles. The van der Waals surface area contributed by atoms with Crippen LogP contribution in [0.25, 0.3) is 0 Å². The van der Waals surface area contributed by atoms with Gasteiger partial charge in [-0.25, -0.2) is 0 Å². The van der Waals surface area contributed by atoms with E-state index in [1.54, 1.807) is 0 Å². The van der Waals surface area contributed by atoms with Crippen molar-refractivity contribution in [2.75, 3.05) is 19.6 Å². The van der Waals surface area contributed by atoms with Gasteiger partial charge in [0, 0.05) is 12.6 Å². The normalized spacial score (nSPS) is 28.2. The van der Waals surface area contributed by atoms with E-state index >= 15 is 0 Å². The molecule has 2 fully saturated rings. The molecule has 106 valence electrons. The average molecular weight is 252 g/mol. The average Bonchev–Trinajstić information content (AvgIpc) is 2.38. The molecule has 0 aromatic rings. The number of hydrogen-bond acceptors (Lipinski definition) is 2. The first-order valence-electron chi connectivity index (χ1n) is 8.05. The van der Waals surface area contributed by atoms with Crippen LogP contribution in [0.2, 0.25) is 0 Å². The van der Waals surface area contributed by atoms with Gasteiger partial charge in [-0.2, -0.15) is 0 Å². The van der Waals surface area contributed by atoms with Gasteiger partial charge in [-0.15, -0.1) is 0 Å². The van der Waals surface area contributed by atoms with Crippen LogP contribution in [0.1, 0.15) is 65.2 Å². The van der Waals surface area contributed by atoms with Crippen LogP contribution in [0.5, 0.6) is 0 Å². The molecule has 1 saturated heterocycles. The minimum absolute atomic E-state index is 0.556. The van der Waals surface area contributed by atoms with E-state index in [1.807, 2.05) is 0 Å². The Kier molecular flexibility index (Phi) is 5.08. The van der Waals surface area contributed by atoms with Crippen molar-refractivity contribution in [3.05, 3.63) is 0 Å². The third-order valence-corrected chi connectivity index (χ3v) is 5.27. The fourth-order valence-electron chi connectivity index (χ4n) is 3.70. The number of piperidine rings is 1. The van der Waals surface area contributed by atoms with Gasteiger partial charge in [0.1, 0.15) is 0 Å². The molecule has 2 aliphatic rings. The van der Waals surface area contributed by atoms with Crippen molar-refractivity contribution in [2.24, 2.45) is 17.1 Å². The van der Waals surface area contributed by atoms with Gasteiger partial charge in [-0.05, 0) is 43.7 Å². The summed E-state index contributed by atoms with van der Waals surface area (Å²) < 4.78 is 0. The maximum Gasteiger partial charge on any atom is 0.0221 e. The maximum atomic E-state index is 6.05. The Morgan fingerprint density at radius 3 is 2.28 bits per heavy atom. The fraction of sp³-hybridized carbons (Fsp3) is 1.00. The highest BCUT2D eigenvalue weighted by Gasteiger charge is 2.30. The van der Waals surface area contributed by atoms with Gasteiger partial charge in [0.25, 0.3) is 0 Å². The van der Waals surface area contributed by atoms with Crippen molar-refractivity contribution in [1.29, 1.82) is 0 Å². The Hall–Kier alpha value is -0.0800. The molecule has 0 aromatic heterocycles. The van der Waals surface area contributed by atoms with E-state index in [9.17, 15) is 0 Å². The van der Waals surface area contributed by atoms with Gasteiger partial charge in [-0.1, -0.05) is 46.0 Å². The molecule has 2 nitrogen and oxygen atoms in total. The molecule has 0 amide bonds. The lowest BCUT2D eigenvalue weighted by Crippen LogP contribution is -2.47. The summed E-state index contributed by atoms with van der Waals surface area (Å²) in [5.74, 6) is 0.960. The maximum absolute atomic E-state index is 6.05. The lowest BCUT2D eigenvalue weighted by atomic mass is 9.80. The summed E-state index contributed by atoms with van der Waals surface area (Å²) in [6.45, 7) is 8.20. The highest BCUT2D eigenvalue weighted by molar-refractivity contribution is 4.84. The lowest BCUT2D eigenvalue weighted by Gasteiger charge is -2.42. The topological polar surface area (TPSA) is 29.3 Å². The Labute approximate surface area is 113 Å². The van der Waals surface area contributed by atoms with Gasteiger partial charge < -0.3 is 5.73 Å². The number of hydrogen-bond donors (Lipinski definition) is 1. The van der Waals surface area contributed by atoms with Crippen molar-refractivity contribution in [1.82, 2.24) is 4.90 Å². The zero-order chi connectivity index (χ0) is 13.0. The Morgan fingerprint density at radius 2 is 1.72 bits per heavy atom. The van der Waals surface area contributed by atoms with E-state index in [4.69, 9.17) is 5.73 Å². The van der Waals surface area contributed by atoms with Gasteiger partial charge in [0.15, 0.2) is 0 Å². The summed E-state index contributed by atoms with van der Waals surface area (Å²) >= 11 is 0. The zero-order valence-electron chi connectivity index (χ0n) is 12.5. The molecule has 0 spiro atoms. The van der Waals surface area contributed by atoms with Gasteiger partial charge in [-0.3, -0.25) is 4.90 Å². The number of nitrogens with zero attached hydrogens (tertiary/aromatic N) is 1. The van der Waals surface area contributed by atoms with E-state index in [0.29, 0.717) is 11.5 Å². The first kappa shape index (κ1) is 14.3. The second kappa shape index (κ2) is 6.38. The first-order valence-corrected chi connectivity index (χ1v) is 8.05. The molecule has 1 aliphatic carbocycles. The van der Waals surface area contributed by atoms with E-state index in [0.717, 1.165) is 12.5 Å². The molecule has 1 atom stereocenters. The lowest BCUT2D eigenvalue weighted by molar-refractivity contribution is 0.0813. The molecule has 2 rings (SSSR count). The van der Waals surface area contributed by atoms with Gasteiger partial charge in [0.2, 0.25) is 0 Å². The molecule has 0 bridgehead atoms. The van der Waals surface area contributed by atoms with E-state index in [1.165, 1.54) is 64.5 Å². The van der Waals surface area contributed by atoms with E-state index in [-0.39, 0.29) is 0 Å². The van der Waals surface area contributed by atoms with Crippen LogP contribution in [-0.4, -0.2) is 30.6 Å². The minimum Gasteiger partial charge on any atom is -0.329 e. The molecule has 2 heteroatoms. The van der Waals surface area contributed by atoms with Crippen LogP contribution >= 0.6 is 0 Å². The highest BCUT2D eigenvalue weighted by Crippen LogP contribution is 2.33. The monoisotopic (exact) mass is 252 g/mol. The summed E-state index contributed by atoms with van der Waals surface area (Å²) in [5, 5.41) is 0. The summed E-state index contributed by atoms with van der Waals surface area (Å²) in [6.07, 6.45) is 11.3. The zero-order valence-corrected chi connectivity index (χ0v) is 12.5. The SMILES string of the molecule is CC1(C)CCN(C(CN)CC2CCCCC2)CC1. The van der Waals surface area contributed by atoms with Crippen LogP contribution in [0, 0.1) is 11.3 Å². The molecule has 0 radical (unpaired) electrons. The fourth-order valence-corrected chi connectivity index (χ4v) is 3.70. The molecule has 1 unspecified atom stereocenters. The third kappa shape index (κ3) is 3.96. The molecular formula is C16H32N2. The van der Waals surface area contributed by atoms with Crippen LogP contribution in [0.15, 0.2) is 0 Å². The van der Waals surface area contributed by atoms with Crippen LogP contribution < -0.4 is 5.73 Å². The highest BCUT2D eigenvalue weighted by atomic mass is 15.2. The summed E-state index contributed by atoms with van der Waals surface area (Å²) in [5.41, 5.74) is 6.60.